The second-order valence-electron chi connectivity index (χ2n) is 7.48. The van der Waals surface area contributed by atoms with E-state index in [4.69, 9.17) is 14.2 Å². The molecule has 0 fully saturated rings. The molecule has 1 heterocycles. The van der Waals surface area contributed by atoms with E-state index in [2.05, 4.69) is 29.2 Å². The summed E-state index contributed by atoms with van der Waals surface area (Å²) in [5, 5.41) is 9.24. The van der Waals surface area contributed by atoms with Gasteiger partial charge in [0, 0.05) is 13.0 Å². The van der Waals surface area contributed by atoms with Crippen LogP contribution >= 0.6 is 0 Å². The van der Waals surface area contributed by atoms with Gasteiger partial charge in [-0.25, -0.2) is 4.79 Å². The minimum atomic E-state index is -0.946. The summed E-state index contributed by atoms with van der Waals surface area (Å²) >= 11 is 0. The van der Waals surface area contributed by atoms with Gasteiger partial charge in [-0.05, 0) is 42.8 Å². The highest BCUT2D eigenvalue weighted by Gasteiger charge is 2.33. The number of benzene rings is 2. The summed E-state index contributed by atoms with van der Waals surface area (Å²) in [6.07, 6.45) is 7.81. The van der Waals surface area contributed by atoms with Gasteiger partial charge in [-0.1, -0.05) is 42.5 Å². The number of allylic oxidation sites excluding steroid dienone is 2. The third-order valence-corrected chi connectivity index (χ3v) is 5.44. The Hall–Kier alpha value is -3.25. The molecule has 1 N–H and O–H groups in total. The van der Waals surface area contributed by atoms with Crippen molar-refractivity contribution in [3.8, 4) is 11.5 Å². The van der Waals surface area contributed by atoms with E-state index < -0.39 is 12.1 Å². The van der Waals surface area contributed by atoms with E-state index in [0.29, 0.717) is 26.2 Å². The zero-order valence-electron chi connectivity index (χ0n) is 17.5. The van der Waals surface area contributed by atoms with Gasteiger partial charge in [0.2, 0.25) is 0 Å². The molecule has 6 nitrogen and oxygen atoms in total. The van der Waals surface area contributed by atoms with Crippen LogP contribution in [0.2, 0.25) is 0 Å². The van der Waals surface area contributed by atoms with Crippen molar-refractivity contribution >= 4 is 11.7 Å². The Kier molecular flexibility index (Phi) is 6.57. The number of fused-ring (bicyclic) bond motifs is 2. The highest BCUT2D eigenvalue weighted by atomic mass is 16.5. The molecule has 2 unspecified atom stereocenters. The molecular weight excluding hydrogens is 394 g/mol. The fourth-order valence-corrected chi connectivity index (χ4v) is 3.95. The third-order valence-electron chi connectivity index (χ3n) is 5.44. The van der Waals surface area contributed by atoms with Gasteiger partial charge in [0.05, 0.1) is 18.3 Å². The minimum Gasteiger partial charge on any atom is -0.492 e. The third kappa shape index (κ3) is 4.91. The summed E-state index contributed by atoms with van der Waals surface area (Å²) in [6, 6.07) is 15.7. The van der Waals surface area contributed by atoms with Crippen molar-refractivity contribution in [3.05, 3.63) is 78.4 Å². The lowest BCUT2D eigenvalue weighted by molar-refractivity contribution is -0.149. The predicted molar refractivity (Wildman–Crippen MR) is 119 cm³/mol. The van der Waals surface area contributed by atoms with E-state index >= 15 is 0 Å². The fourth-order valence-electron chi connectivity index (χ4n) is 3.95. The first kappa shape index (κ1) is 21.0. The number of carbonyl (C=O) groups is 1. The molecule has 2 aromatic rings. The molecule has 162 valence electrons. The van der Waals surface area contributed by atoms with Gasteiger partial charge in [0.25, 0.3) is 0 Å². The topological polar surface area (TPSA) is 68.2 Å². The summed E-state index contributed by atoms with van der Waals surface area (Å²) < 4.78 is 17.4. The molecule has 0 spiro atoms. The van der Waals surface area contributed by atoms with E-state index in [-0.39, 0.29) is 12.1 Å². The van der Waals surface area contributed by atoms with Crippen LogP contribution in [0.15, 0.2) is 72.8 Å². The Balaban J connectivity index is 1.37. The van der Waals surface area contributed by atoms with Gasteiger partial charge >= 0.3 is 5.97 Å². The largest absolute Gasteiger partial charge is 0.492 e. The molecule has 0 radical (unpaired) electrons. The molecule has 3 atom stereocenters. The Labute approximate surface area is 182 Å². The van der Waals surface area contributed by atoms with Crippen LogP contribution in [-0.2, 0) is 16.0 Å². The van der Waals surface area contributed by atoms with E-state index in [1.54, 1.807) is 6.92 Å². The molecule has 6 heteroatoms. The number of carboxylic acid groups (broad SMARTS) is 1. The normalized spacial score (nSPS) is 19.8. The highest BCUT2D eigenvalue weighted by molar-refractivity contribution is 5.72. The van der Waals surface area contributed by atoms with Gasteiger partial charge in [0.15, 0.2) is 6.10 Å². The molecule has 0 saturated carbocycles. The molecule has 0 amide bonds. The maximum atomic E-state index is 11.3. The minimum absolute atomic E-state index is 0.00768. The van der Waals surface area contributed by atoms with Crippen molar-refractivity contribution in [2.75, 3.05) is 24.7 Å². The SMILES string of the molecule is CCO[C@@H](Cc1ccc(OCCN2c3ccccc3OC3C=CC=CC32)cc1)C(=O)O. The number of ether oxygens (including phenoxy) is 3. The molecular formula is C25H27NO5. The average Bonchev–Trinajstić information content (AvgIpc) is 2.79. The first-order valence-corrected chi connectivity index (χ1v) is 10.6. The van der Waals surface area contributed by atoms with Gasteiger partial charge < -0.3 is 24.2 Å². The van der Waals surface area contributed by atoms with E-state index in [1.165, 1.54) is 0 Å². The van der Waals surface area contributed by atoms with Gasteiger partial charge in [-0.2, -0.15) is 0 Å². The number of para-hydroxylation sites is 2. The maximum absolute atomic E-state index is 11.3. The quantitative estimate of drug-likeness (QED) is 0.663. The number of hydrogen-bond donors (Lipinski definition) is 1. The molecule has 4 rings (SSSR count). The van der Waals surface area contributed by atoms with Crippen LogP contribution in [0.1, 0.15) is 12.5 Å². The lowest BCUT2D eigenvalue weighted by Crippen LogP contribution is -2.49. The zero-order chi connectivity index (χ0) is 21.6. The molecule has 2 aromatic carbocycles. The maximum Gasteiger partial charge on any atom is 0.333 e. The Bertz CT molecular complexity index is 953. The summed E-state index contributed by atoms with van der Waals surface area (Å²) in [4.78, 5) is 13.6. The average molecular weight is 421 g/mol. The molecule has 0 bridgehead atoms. The van der Waals surface area contributed by atoms with E-state index in [9.17, 15) is 9.90 Å². The number of aliphatic carboxylic acids is 1. The van der Waals surface area contributed by atoms with Crippen LogP contribution in [0.4, 0.5) is 5.69 Å². The lowest BCUT2D eigenvalue weighted by Gasteiger charge is -2.42. The summed E-state index contributed by atoms with van der Waals surface area (Å²) in [6.45, 7) is 3.40. The van der Waals surface area contributed by atoms with Crippen molar-refractivity contribution < 1.29 is 24.1 Å². The highest BCUT2D eigenvalue weighted by Crippen LogP contribution is 2.37. The summed E-state index contributed by atoms with van der Waals surface area (Å²) in [5.74, 6) is 0.692. The van der Waals surface area contributed by atoms with Crippen LogP contribution in [-0.4, -0.2) is 49.1 Å². The fraction of sp³-hybridized carbons (Fsp3) is 0.320. The summed E-state index contributed by atoms with van der Waals surface area (Å²) in [7, 11) is 0. The van der Waals surface area contributed by atoms with Gasteiger partial charge in [-0.15, -0.1) is 0 Å². The Morgan fingerprint density at radius 1 is 1.13 bits per heavy atom. The van der Waals surface area contributed by atoms with E-state index in [0.717, 1.165) is 22.7 Å². The van der Waals surface area contributed by atoms with Gasteiger partial charge in [-0.3, -0.25) is 0 Å². The standard InChI is InChI=1S/C25H27NO5/c1-2-29-24(25(27)28)17-18-11-13-19(14-12-18)30-16-15-26-20-7-3-5-9-22(20)31-23-10-6-4-8-21(23)26/h3-14,20,22,24H,2,15-17H2,1H3,(H,27,28)/t20?,22?,24-/m0/s1. The first-order valence-electron chi connectivity index (χ1n) is 10.6. The molecule has 0 aromatic heterocycles. The number of hydrogen-bond acceptors (Lipinski definition) is 5. The number of nitrogens with zero attached hydrogens (tertiary/aromatic N) is 1. The van der Waals surface area contributed by atoms with Crippen molar-refractivity contribution in [2.24, 2.45) is 0 Å². The van der Waals surface area contributed by atoms with Crippen molar-refractivity contribution in [2.45, 2.75) is 31.6 Å². The van der Waals surface area contributed by atoms with Crippen LogP contribution in [0, 0.1) is 0 Å². The van der Waals surface area contributed by atoms with Crippen LogP contribution in [0.3, 0.4) is 0 Å². The predicted octanol–water partition coefficient (Wildman–Crippen LogP) is 3.86. The smallest absolute Gasteiger partial charge is 0.333 e. The first-order chi connectivity index (χ1) is 15.2. The second kappa shape index (κ2) is 9.71. The van der Waals surface area contributed by atoms with Crippen LogP contribution in [0.25, 0.3) is 0 Å². The van der Waals surface area contributed by atoms with Gasteiger partial charge in [0.1, 0.15) is 24.2 Å². The molecule has 1 aliphatic carbocycles. The Morgan fingerprint density at radius 3 is 2.68 bits per heavy atom. The van der Waals surface area contributed by atoms with Crippen molar-refractivity contribution in [1.29, 1.82) is 0 Å². The molecule has 31 heavy (non-hydrogen) atoms. The van der Waals surface area contributed by atoms with Crippen LogP contribution < -0.4 is 14.4 Å². The van der Waals surface area contributed by atoms with Crippen LogP contribution in [0.5, 0.6) is 11.5 Å². The van der Waals surface area contributed by atoms with Crippen molar-refractivity contribution in [3.63, 3.8) is 0 Å². The molecule has 2 aliphatic rings. The monoisotopic (exact) mass is 421 g/mol. The van der Waals surface area contributed by atoms with Crippen molar-refractivity contribution in [1.82, 2.24) is 0 Å². The zero-order valence-corrected chi connectivity index (χ0v) is 17.5. The second-order valence-corrected chi connectivity index (χ2v) is 7.48. The number of rotatable bonds is 9. The molecule has 1 aliphatic heterocycles. The number of carboxylic acids is 1. The van der Waals surface area contributed by atoms with E-state index in [1.807, 2.05) is 48.5 Å². The Morgan fingerprint density at radius 2 is 1.90 bits per heavy atom. The summed E-state index contributed by atoms with van der Waals surface area (Å²) in [5.41, 5.74) is 1.97. The number of anilines is 1. The molecule has 0 saturated heterocycles. The lowest BCUT2D eigenvalue weighted by atomic mass is 10.0.